The van der Waals surface area contributed by atoms with Gasteiger partial charge >= 0.3 is 0 Å². The number of fused-ring (bicyclic) bond motifs is 1. The second-order valence-corrected chi connectivity index (χ2v) is 4.87. The van der Waals surface area contributed by atoms with Crippen LogP contribution in [0.15, 0.2) is 42.5 Å². The van der Waals surface area contributed by atoms with E-state index in [-0.39, 0.29) is 11.7 Å². The van der Waals surface area contributed by atoms with Crippen LogP contribution in [0.3, 0.4) is 0 Å². The minimum Gasteiger partial charge on any atom is -0.508 e. The molecule has 0 spiro atoms. The molecule has 2 aromatic rings. The van der Waals surface area contributed by atoms with E-state index in [1.54, 1.807) is 12.1 Å². The number of carbonyl (C=O) groups excluding carboxylic acids is 1. The lowest BCUT2D eigenvalue weighted by Gasteiger charge is -2.20. The summed E-state index contributed by atoms with van der Waals surface area (Å²) in [5, 5.41) is 15.5. The van der Waals surface area contributed by atoms with Crippen LogP contribution >= 0.6 is 0 Å². The lowest BCUT2D eigenvalue weighted by Crippen LogP contribution is -2.25. The Bertz CT molecular complexity index is 635. The highest BCUT2D eigenvalue weighted by Crippen LogP contribution is 2.23. The van der Waals surface area contributed by atoms with Crippen molar-refractivity contribution in [3.05, 3.63) is 59.2 Å². The molecule has 1 aliphatic heterocycles. The second-order valence-electron chi connectivity index (χ2n) is 4.87. The number of anilines is 1. The van der Waals surface area contributed by atoms with Crippen LogP contribution in [-0.2, 0) is 13.0 Å². The van der Waals surface area contributed by atoms with E-state index in [4.69, 9.17) is 0 Å². The van der Waals surface area contributed by atoms with Crippen LogP contribution in [0.4, 0.5) is 5.69 Å². The standard InChI is InChI=1S/C16H16N2O2/c19-13-6-4-11(5-7-13)16(20)18-15-3-1-2-12-10-17-9-8-14(12)15/h1-7,17,19H,8-10H2,(H,18,20). The molecule has 0 atom stereocenters. The third-order valence-electron chi connectivity index (χ3n) is 3.52. The Morgan fingerprint density at radius 1 is 1.15 bits per heavy atom. The van der Waals surface area contributed by atoms with E-state index in [9.17, 15) is 9.90 Å². The topological polar surface area (TPSA) is 61.4 Å². The van der Waals surface area contributed by atoms with Crippen LogP contribution in [0.2, 0.25) is 0 Å². The number of hydrogen-bond acceptors (Lipinski definition) is 3. The first-order valence-corrected chi connectivity index (χ1v) is 6.66. The summed E-state index contributed by atoms with van der Waals surface area (Å²) >= 11 is 0. The molecule has 0 fully saturated rings. The predicted molar refractivity (Wildman–Crippen MR) is 77.9 cm³/mol. The third kappa shape index (κ3) is 2.51. The molecule has 2 aromatic carbocycles. The monoisotopic (exact) mass is 268 g/mol. The minimum absolute atomic E-state index is 0.156. The summed E-state index contributed by atoms with van der Waals surface area (Å²) < 4.78 is 0. The van der Waals surface area contributed by atoms with Gasteiger partial charge in [-0.3, -0.25) is 4.79 Å². The molecule has 1 heterocycles. The first kappa shape index (κ1) is 12.7. The number of rotatable bonds is 2. The Morgan fingerprint density at radius 2 is 1.95 bits per heavy atom. The second kappa shape index (κ2) is 5.35. The molecule has 102 valence electrons. The number of amides is 1. The van der Waals surface area contributed by atoms with Gasteiger partial charge in [-0.1, -0.05) is 12.1 Å². The van der Waals surface area contributed by atoms with Gasteiger partial charge in [0.05, 0.1) is 0 Å². The first-order chi connectivity index (χ1) is 9.74. The summed E-state index contributed by atoms with van der Waals surface area (Å²) in [6, 6.07) is 12.2. The quantitative estimate of drug-likeness (QED) is 0.783. The molecule has 3 N–H and O–H groups in total. The fourth-order valence-electron chi connectivity index (χ4n) is 2.46. The van der Waals surface area contributed by atoms with E-state index in [2.05, 4.69) is 16.7 Å². The van der Waals surface area contributed by atoms with Crippen molar-refractivity contribution >= 4 is 11.6 Å². The van der Waals surface area contributed by atoms with E-state index >= 15 is 0 Å². The van der Waals surface area contributed by atoms with Crippen LogP contribution in [0, 0.1) is 0 Å². The number of nitrogens with one attached hydrogen (secondary N) is 2. The smallest absolute Gasteiger partial charge is 0.255 e. The van der Waals surface area contributed by atoms with E-state index in [0.29, 0.717) is 5.56 Å². The number of carbonyl (C=O) groups is 1. The van der Waals surface area contributed by atoms with E-state index < -0.39 is 0 Å². The maximum absolute atomic E-state index is 12.2. The molecule has 0 aromatic heterocycles. The van der Waals surface area contributed by atoms with Crippen molar-refractivity contribution in [1.29, 1.82) is 0 Å². The fraction of sp³-hybridized carbons (Fsp3) is 0.188. The van der Waals surface area contributed by atoms with Gasteiger partial charge in [0.1, 0.15) is 5.75 Å². The Labute approximate surface area is 117 Å². The van der Waals surface area contributed by atoms with Crippen LogP contribution in [-0.4, -0.2) is 17.6 Å². The Kier molecular flexibility index (Phi) is 3.39. The molecule has 0 unspecified atom stereocenters. The fourth-order valence-corrected chi connectivity index (χ4v) is 2.46. The van der Waals surface area contributed by atoms with E-state index in [1.807, 2.05) is 12.1 Å². The Balaban J connectivity index is 1.84. The number of benzene rings is 2. The van der Waals surface area contributed by atoms with Crippen molar-refractivity contribution in [3.8, 4) is 5.75 Å². The SMILES string of the molecule is O=C(Nc1cccc2c1CCNC2)c1ccc(O)cc1. The highest BCUT2D eigenvalue weighted by Gasteiger charge is 2.14. The highest BCUT2D eigenvalue weighted by atomic mass is 16.3. The Hall–Kier alpha value is -2.33. The molecule has 0 bridgehead atoms. The molecule has 3 rings (SSSR count). The Morgan fingerprint density at radius 3 is 2.75 bits per heavy atom. The molecule has 0 saturated heterocycles. The molecule has 20 heavy (non-hydrogen) atoms. The van der Waals surface area contributed by atoms with Crippen LogP contribution < -0.4 is 10.6 Å². The zero-order valence-corrected chi connectivity index (χ0v) is 11.0. The van der Waals surface area contributed by atoms with Crippen molar-refractivity contribution in [2.45, 2.75) is 13.0 Å². The van der Waals surface area contributed by atoms with Gasteiger partial charge in [0.2, 0.25) is 0 Å². The summed E-state index contributed by atoms with van der Waals surface area (Å²) in [6.07, 6.45) is 0.918. The van der Waals surface area contributed by atoms with Crippen molar-refractivity contribution in [1.82, 2.24) is 5.32 Å². The van der Waals surface area contributed by atoms with Gasteiger partial charge in [0.25, 0.3) is 5.91 Å². The maximum Gasteiger partial charge on any atom is 0.255 e. The molecular formula is C16H16N2O2. The number of phenols is 1. The average molecular weight is 268 g/mol. The molecule has 4 nitrogen and oxygen atoms in total. The normalized spacial score (nSPS) is 13.6. The minimum atomic E-state index is -0.156. The van der Waals surface area contributed by atoms with Crippen molar-refractivity contribution in [2.75, 3.05) is 11.9 Å². The van der Waals surface area contributed by atoms with Crippen molar-refractivity contribution < 1.29 is 9.90 Å². The van der Waals surface area contributed by atoms with Gasteiger partial charge in [-0.05, 0) is 54.4 Å². The number of phenolic OH excluding ortho intramolecular Hbond substituents is 1. The van der Waals surface area contributed by atoms with E-state index in [1.165, 1.54) is 23.3 Å². The van der Waals surface area contributed by atoms with Crippen LogP contribution in [0.25, 0.3) is 0 Å². The van der Waals surface area contributed by atoms with Gasteiger partial charge in [-0.25, -0.2) is 0 Å². The third-order valence-corrected chi connectivity index (χ3v) is 3.52. The maximum atomic E-state index is 12.2. The summed E-state index contributed by atoms with van der Waals surface area (Å²) in [6.45, 7) is 1.78. The summed E-state index contributed by atoms with van der Waals surface area (Å²) in [7, 11) is 0. The summed E-state index contributed by atoms with van der Waals surface area (Å²) in [4.78, 5) is 12.2. The zero-order chi connectivity index (χ0) is 13.9. The highest BCUT2D eigenvalue weighted by molar-refractivity contribution is 6.04. The molecule has 4 heteroatoms. The lowest BCUT2D eigenvalue weighted by molar-refractivity contribution is 0.102. The summed E-state index contributed by atoms with van der Waals surface area (Å²) in [5.74, 6) is 0.00153. The van der Waals surface area contributed by atoms with E-state index in [0.717, 1.165) is 25.2 Å². The van der Waals surface area contributed by atoms with Crippen LogP contribution in [0.1, 0.15) is 21.5 Å². The molecule has 1 amide bonds. The largest absolute Gasteiger partial charge is 0.508 e. The summed E-state index contributed by atoms with van der Waals surface area (Å²) in [5.41, 5.74) is 3.86. The first-order valence-electron chi connectivity index (χ1n) is 6.66. The molecule has 0 saturated carbocycles. The molecule has 1 aliphatic rings. The van der Waals surface area contributed by atoms with Gasteiger partial charge in [-0.15, -0.1) is 0 Å². The van der Waals surface area contributed by atoms with Crippen molar-refractivity contribution in [3.63, 3.8) is 0 Å². The van der Waals surface area contributed by atoms with Gasteiger partial charge in [0, 0.05) is 17.8 Å². The molecule has 0 aliphatic carbocycles. The van der Waals surface area contributed by atoms with Crippen LogP contribution in [0.5, 0.6) is 5.75 Å². The number of hydrogen-bond donors (Lipinski definition) is 3. The van der Waals surface area contributed by atoms with Gasteiger partial charge in [-0.2, -0.15) is 0 Å². The van der Waals surface area contributed by atoms with Gasteiger partial charge in [0.15, 0.2) is 0 Å². The number of aromatic hydroxyl groups is 1. The van der Waals surface area contributed by atoms with Gasteiger partial charge < -0.3 is 15.7 Å². The lowest BCUT2D eigenvalue weighted by atomic mass is 9.99. The zero-order valence-electron chi connectivity index (χ0n) is 11.0. The van der Waals surface area contributed by atoms with Crippen molar-refractivity contribution in [2.24, 2.45) is 0 Å². The predicted octanol–water partition coefficient (Wildman–Crippen LogP) is 2.29. The molecular weight excluding hydrogens is 252 g/mol. The molecule has 0 radical (unpaired) electrons. The average Bonchev–Trinajstić information content (AvgIpc) is 2.48.